The normalized spacial score (nSPS) is 9.85. The van der Waals surface area contributed by atoms with E-state index in [0.29, 0.717) is 16.6 Å². The van der Waals surface area contributed by atoms with Gasteiger partial charge in [0.25, 0.3) is 0 Å². The standard InChI is InChI=1S/C15H11Br2N3/c16-8-13(19)12-6-5-11(17)7-15(12)20-14-4-2-1-3-10(14)9-18/h1-7,19-20H,8H2. The Labute approximate surface area is 134 Å². The first-order chi connectivity index (χ1) is 9.65. The largest absolute Gasteiger partial charge is 0.354 e. The van der Waals surface area contributed by atoms with Crippen LogP contribution < -0.4 is 5.32 Å². The van der Waals surface area contributed by atoms with Crippen molar-refractivity contribution in [3.63, 3.8) is 0 Å². The van der Waals surface area contributed by atoms with E-state index in [1.54, 1.807) is 6.07 Å². The van der Waals surface area contributed by atoms with Gasteiger partial charge in [0.05, 0.1) is 17.0 Å². The minimum Gasteiger partial charge on any atom is -0.354 e. The summed E-state index contributed by atoms with van der Waals surface area (Å²) in [6, 6.07) is 15.1. The van der Waals surface area contributed by atoms with Crippen LogP contribution in [0.2, 0.25) is 0 Å². The summed E-state index contributed by atoms with van der Waals surface area (Å²) in [5.74, 6) is 0. The smallest absolute Gasteiger partial charge is 0.101 e. The molecule has 0 aliphatic heterocycles. The number of halogens is 2. The number of nitrogens with zero attached hydrogens (tertiary/aromatic N) is 1. The van der Waals surface area contributed by atoms with E-state index in [9.17, 15) is 0 Å². The lowest BCUT2D eigenvalue weighted by atomic mass is 10.1. The second kappa shape index (κ2) is 6.69. The second-order valence-electron chi connectivity index (χ2n) is 4.08. The predicted octanol–water partition coefficient (Wildman–Crippen LogP) is 4.83. The van der Waals surface area contributed by atoms with Crippen LogP contribution in [-0.4, -0.2) is 11.0 Å². The molecule has 100 valence electrons. The van der Waals surface area contributed by atoms with E-state index in [1.807, 2.05) is 36.4 Å². The fourth-order valence-corrected chi connectivity index (χ4v) is 2.45. The molecule has 0 amide bonds. The molecule has 0 unspecified atom stereocenters. The Morgan fingerprint density at radius 3 is 2.65 bits per heavy atom. The molecule has 5 heteroatoms. The van der Waals surface area contributed by atoms with Crippen LogP contribution in [0.3, 0.4) is 0 Å². The lowest BCUT2D eigenvalue weighted by Gasteiger charge is -2.13. The average Bonchev–Trinajstić information content (AvgIpc) is 2.47. The summed E-state index contributed by atoms with van der Waals surface area (Å²) in [5.41, 5.74) is 3.39. The molecule has 0 saturated carbocycles. The summed E-state index contributed by atoms with van der Waals surface area (Å²) in [6.45, 7) is 0. The maximum Gasteiger partial charge on any atom is 0.101 e. The molecule has 0 aliphatic carbocycles. The van der Waals surface area contributed by atoms with Gasteiger partial charge in [-0.05, 0) is 30.3 Å². The third kappa shape index (κ3) is 3.27. The van der Waals surface area contributed by atoms with E-state index in [2.05, 4.69) is 43.2 Å². The Kier molecular flexibility index (Phi) is 4.94. The predicted molar refractivity (Wildman–Crippen MR) is 89.2 cm³/mol. The van der Waals surface area contributed by atoms with Gasteiger partial charge in [-0.2, -0.15) is 5.26 Å². The molecule has 2 rings (SSSR count). The SMILES string of the molecule is N#Cc1ccccc1Nc1cc(Br)ccc1C(=N)CBr. The molecule has 0 saturated heterocycles. The van der Waals surface area contributed by atoms with Crippen molar-refractivity contribution >= 4 is 48.9 Å². The van der Waals surface area contributed by atoms with Crippen LogP contribution in [0.25, 0.3) is 0 Å². The molecular formula is C15H11Br2N3. The van der Waals surface area contributed by atoms with E-state index < -0.39 is 0 Å². The van der Waals surface area contributed by atoms with E-state index in [1.165, 1.54) is 0 Å². The maximum atomic E-state index is 9.13. The molecule has 3 nitrogen and oxygen atoms in total. The van der Waals surface area contributed by atoms with Crippen molar-refractivity contribution in [3.8, 4) is 6.07 Å². The number of hydrogen-bond donors (Lipinski definition) is 2. The van der Waals surface area contributed by atoms with Crippen molar-refractivity contribution in [2.45, 2.75) is 0 Å². The van der Waals surface area contributed by atoms with Crippen LogP contribution in [0.5, 0.6) is 0 Å². The van der Waals surface area contributed by atoms with Gasteiger partial charge in [0.15, 0.2) is 0 Å². The third-order valence-corrected chi connectivity index (χ3v) is 3.81. The molecule has 0 bridgehead atoms. The van der Waals surface area contributed by atoms with Crippen molar-refractivity contribution in [2.75, 3.05) is 10.6 Å². The van der Waals surface area contributed by atoms with Crippen molar-refractivity contribution in [3.05, 3.63) is 58.1 Å². The Hall–Kier alpha value is -1.64. The summed E-state index contributed by atoms with van der Waals surface area (Å²) in [7, 11) is 0. The number of nitrogens with one attached hydrogen (secondary N) is 2. The Balaban J connectivity index is 2.45. The summed E-state index contributed by atoms with van der Waals surface area (Å²) >= 11 is 6.73. The van der Waals surface area contributed by atoms with E-state index in [0.717, 1.165) is 21.4 Å². The Morgan fingerprint density at radius 2 is 1.95 bits per heavy atom. The van der Waals surface area contributed by atoms with Gasteiger partial charge < -0.3 is 10.7 Å². The van der Waals surface area contributed by atoms with Crippen LogP contribution in [0.15, 0.2) is 46.9 Å². The third-order valence-electron chi connectivity index (χ3n) is 2.76. The molecule has 0 fully saturated rings. The molecule has 0 heterocycles. The first-order valence-electron chi connectivity index (χ1n) is 5.85. The number of nitriles is 1. The highest BCUT2D eigenvalue weighted by molar-refractivity contribution is 9.10. The fraction of sp³-hybridized carbons (Fsp3) is 0.0667. The minimum atomic E-state index is 0.475. The summed E-state index contributed by atoms with van der Waals surface area (Å²) < 4.78 is 0.917. The average molecular weight is 393 g/mol. The van der Waals surface area contributed by atoms with Crippen LogP contribution in [-0.2, 0) is 0 Å². The van der Waals surface area contributed by atoms with Crippen molar-refractivity contribution < 1.29 is 0 Å². The van der Waals surface area contributed by atoms with Crippen LogP contribution >= 0.6 is 31.9 Å². The zero-order valence-electron chi connectivity index (χ0n) is 10.5. The summed E-state index contributed by atoms with van der Waals surface area (Å²) in [4.78, 5) is 0. The molecule has 0 radical (unpaired) electrons. The monoisotopic (exact) mass is 391 g/mol. The van der Waals surface area contributed by atoms with Gasteiger partial charge in [-0.15, -0.1) is 0 Å². The molecule has 2 aromatic carbocycles. The Morgan fingerprint density at radius 1 is 1.20 bits per heavy atom. The number of para-hydroxylation sites is 1. The van der Waals surface area contributed by atoms with Gasteiger partial charge in [-0.3, -0.25) is 0 Å². The summed E-state index contributed by atoms with van der Waals surface area (Å²) in [6.07, 6.45) is 0. The van der Waals surface area contributed by atoms with Gasteiger partial charge in [-0.1, -0.05) is 44.0 Å². The molecule has 0 spiro atoms. The van der Waals surface area contributed by atoms with Crippen molar-refractivity contribution in [1.29, 1.82) is 10.7 Å². The van der Waals surface area contributed by atoms with Gasteiger partial charge in [0.1, 0.15) is 6.07 Å². The highest BCUT2D eigenvalue weighted by Crippen LogP contribution is 2.27. The van der Waals surface area contributed by atoms with Gasteiger partial charge in [0, 0.05) is 21.1 Å². The highest BCUT2D eigenvalue weighted by atomic mass is 79.9. The molecule has 2 aromatic rings. The molecule has 2 N–H and O–H groups in total. The number of rotatable bonds is 4. The van der Waals surface area contributed by atoms with Gasteiger partial charge in [0.2, 0.25) is 0 Å². The van der Waals surface area contributed by atoms with E-state index >= 15 is 0 Å². The zero-order chi connectivity index (χ0) is 14.5. The number of hydrogen-bond acceptors (Lipinski definition) is 3. The molecule has 0 atom stereocenters. The first-order valence-corrected chi connectivity index (χ1v) is 7.76. The topological polar surface area (TPSA) is 59.7 Å². The van der Waals surface area contributed by atoms with Crippen LogP contribution in [0, 0.1) is 16.7 Å². The lowest BCUT2D eigenvalue weighted by Crippen LogP contribution is -2.05. The molecular weight excluding hydrogens is 382 g/mol. The second-order valence-corrected chi connectivity index (χ2v) is 5.56. The molecule has 20 heavy (non-hydrogen) atoms. The fourth-order valence-electron chi connectivity index (χ4n) is 1.79. The molecule has 0 aliphatic rings. The van der Waals surface area contributed by atoms with E-state index in [-0.39, 0.29) is 0 Å². The Bertz CT molecular complexity index is 690. The number of anilines is 2. The number of benzene rings is 2. The van der Waals surface area contributed by atoms with Gasteiger partial charge >= 0.3 is 0 Å². The lowest BCUT2D eigenvalue weighted by molar-refractivity contribution is 1.43. The van der Waals surface area contributed by atoms with Crippen LogP contribution in [0.4, 0.5) is 11.4 Å². The van der Waals surface area contributed by atoms with Gasteiger partial charge in [-0.25, -0.2) is 0 Å². The molecule has 0 aromatic heterocycles. The zero-order valence-corrected chi connectivity index (χ0v) is 13.6. The quantitative estimate of drug-likeness (QED) is 0.578. The maximum absolute atomic E-state index is 9.13. The van der Waals surface area contributed by atoms with Crippen molar-refractivity contribution in [2.24, 2.45) is 0 Å². The van der Waals surface area contributed by atoms with E-state index in [4.69, 9.17) is 10.7 Å². The van der Waals surface area contributed by atoms with Crippen molar-refractivity contribution in [1.82, 2.24) is 0 Å². The summed E-state index contributed by atoms with van der Waals surface area (Å²) in [5, 5.41) is 20.8. The first kappa shape index (κ1) is 14.8. The highest BCUT2D eigenvalue weighted by Gasteiger charge is 2.09. The van der Waals surface area contributed by atoms with Crippen LogP contribution in [0.1, 0.15) is 11.1 Å². The minimum absolute atomic E-state index is 0.475. The number of alkyl halides is 1.